The predicted molar refractivity (Wildman–Crippen MR) is 103 cm³/mol. The minimum Gasteiger partial charge on any atom is -0.492 e. The average Bonchev–Trinajstić information content (AvgIpc) is 2.73. The van der Waals surface area contributed by atoms with Crippen LogP contribution in [-0.4, -0.2) is 23.3 Å². The third-order valence-corrected chi connectivity index (χ3v) is 4.58. The van der Waals surface area contributed by atoms with Crippen molar-refractivity contribution in [1.29, 1.82) is 0 Å². The number of nitrogens with two attached hydrogens (primary N) is 1. The van der Waals surface area contributed by atoms with Crippen molar-refractivity contribution in [2.45, 2.75) is 12.5 Å². The van der Waals surface area contributed by atoms with Crippen LogP contribution in [0.15, 0.2) is 67.0 Å². The Kier molecular flexibility index (Phi) is 4.76. The molecule has 1 aliphatic heterocycles. The van der Waals surface area contributed by atoms with Gasteiger partial charge in [0.25, 0.3) is 0 Å². The molecule has 0 bridgehead atoms. The van der Waals surface area contributed by atoms with Crippen LogP contribution in [0.2, 0.25) is 0 Å². The molecule has 0 saturated carbocycles. The lowest BCUT2D eigenvalue weighted by Crippen LogP contribution is -2.16. The minimum atomic E-state index is -0.504. The van der Waals surface area contributed by atoms with Gasteiger partial charge in [0.05, 0.1) is 12.2 Å². The molecule has 0 unspecified atom stereocenters. The monoisotopic (exact) mass is 374 g/mol. The molecule has 0 fully saturated rings. The summed E-state index contributed by atoms with van der Waals surface area (Å²) in [5.74, 6) is 0.636. The number of nitrogens with zero attached hydrogens (tertiary/aromatic N) is 1. The summed E-state index contributed by atoms with van der Waals surface area (Å²) < 4.78 is 11.9. The Morgan fingerprint density at radius 2 is 1.89 bits per heavy atom. The summed E-state index contributed by atoms with van der Waals surface area (Å²) in [6.45, 7) is 0.365. The van der Waals surface area contributed by atoms with E-state index in [4.69, 9.17) is 15.2 Å². The molecule has 140 valence electrons. The molecule has 0 spiro atoms. The van der Waals surface area contributed by atoms with Gasteiger partial charge in [-0.3, -0.25) is 14.6 Å². The summed E-state index contributed by atoms with van der Waals surface area (Å²) in [4.78, 5) is 27.6. The second-order valence-electron chi connectivity index (χ2n) is 6.45. The van der Waals surface area contributed by atoms with Gasteiger partial charge in [-0.15, -0.1) is 0 Å². The first-order chi connectivity index (χ1) is 13.6. The van der Waals surface area contributed by atoms with Crippen LogP contribution >= 0.6 is 0 Å². The Bertz CT molecular complexity index is 1030. The summed E-state index contributed by atoms with van der Waals surface area (Å²) in [5.41, 5.74) is 8.03. The van der Waals surface area contributed by atoms with Crippen LogP contribution in [0.4, 0.5) is 0 Å². The molecular weight excluding hydrogens is 356 g/mol. The summed E-state index contributed by atoms with van der Waals surface area (Å²) in [7, 11) is 0. The van der Waals surface area contributed by atoms with Crippen molar-refractivity contribution in [3.63, 3.8) is 0 Å². The second-order valence-corrected chi connectivity index (χ2v) is 6.45. The highest BCUT2D eigenvalue weighted by molar-refractivity contribution is 5.99. The fraction of sp³-hybridized carbons (Fsp3) is 0.136. The van der Waals surface area contributed by atoms with E-state index in [1.807, 2.05) is 18.2 Å². The van der Waals surface area contributed by atoms with Gasteiger partial charge in [-0.1, -0.05) is 12.1 Å². The fourth-order valence-corrected chi connectivity index (χ4v) is 3.17. The summed E-state index contributed by atoms with van der Waals surface area (Å²) >= 11 is 0. The highest BCUT2D eigenvalue weighted by Gasteiger charge is 2.21. The smallest absolute Gasteiger partial charge is 0.248 e. The number of fused-ring (bicyclic) bond motifs is 1. The molecule has 28 heavy (non-hydrogen) atoms. The molecule has 3 aromatic rings. The Labute approximate surface area is 161 Å². The number of rotatable bonds is 5. The molecule has 6 heteroatoms. The number of hydrogen-bond donors (Lipinski definition) is 1. The Morgan fingerprint density at radius 3 is 2.68 bits per heavy atom. The first kappa shape index (κ1) is 17.7. The van der Waals surface area contributed by atoms with Crippen molar-refractivity contribution >= 4 is 11.7 Å². The first-order valence-corrected chi connectivity index (χ1v) is 8.88. The zero-order valence-corrected chi connectivity index (χ0v) is 15.0. The lowest BCUT2D eigenvalue weighted by atomic mass is 10.00. The zero-order chi connectivity index (χ0) is 19.5. The van der Waals surface area contributed by atoms with Crippen LogP contribution < -0.4 is 15.2 Å². The standard InChI is InChI=1S/C22H18N2O4/c23-22(26)16-3-1-2-15(12-16)21(14-6-9-24-10-7-14)28-17-4-5-18-19(25)8-11-27-20(18)13-17/h1-7,9-10,12-13,21H,8,11H2,(H2,23,26)/t21-/m1/s1. The van der Waals surface area contributed by atoms with Gasteiger partial charge in [-0.25, -0.2) is 0 Å². The third kappa shape index (κ3) is 3.57. The third-order valence-electron chi connectivity index (χ3n) is 4.58. The summed E-state index contributed by atoms with van der Waals surface area (Å²) in [5, 5.41) is 0. The lowest BCUT2D eigenvalue weighted by Gasteiger charge is -2.22. The maximum atomic E-state index is 12.0. The molecule has 1 amide bonds. The van der Waals surface area contributed by atoms with E-state index in [0.29, 0.717) is 35.7 Å². The van der Waals surface area contributed by atoms with Gasteiger partial charge in [-0.05, 0) is 47.5 Å². The van der Waals surface area contributed by atoms with E-state index < -0.39 is 12.0 Å². The van der Waals surface area contributed by atoms with Gasteiger partial charge in [0.15, 0.2) is 5.78 Å². The van der Waals surface area contributed by atoms with Gasteiger partial charge in [0.1, 0.15) is 17.6 Å². The Hall–Kier alpha value is -3.67. The second kappa shape index (κ2) is 7.52. The molecule has 1 atom stereocenters. The molecule has 1 aromatic heterocycles. The summed E-state index contributed by atoms with van der Waals surface area (Å²) in [6, 6.07) is 15.9. The Morgan fingerprint density at radius 1 is 1.07 bits per heavy atom. The van der Waals surface area contributed by atoms with Crippen molar-refractivity contribution in [3.8, 4) is 11.5 Å². The quantitative estimate of drug-likeness (QED) is 0.740. The molecule has 6 nitrogen and oxygen atoms in total. The van der Waals surface area contributed by atoms with Crippen molar-refractivity contribution in [2.24, 2.45) is 5.73 Å². The van der Waals surface area contributed by atoms with Crippen molar-refractivity contribution in [1.82, 2.24) is 4.98 Å². The van der Waals surface area contributed by atoms with Crippen LogP contribution in [-0.2, 0) is 0 Å². The highest BCUT2D eigenvalue weighted by atomic mass is 16.5. The zero-order valence-electron chi connectivity index (χ0n) is 15.0. The van der Waals surface area contributed by atoms with Crippen LogP contribution in [0.1, 0.15) is 44.4 Å². The number of hydrogen-bond acceptors (Lipinski definition) is 5. The SMILES string of the molecule is NC(=O)c1cccc([C@H](Oc2ccc3c(c2)OCCC3=O)c2ccncc2)c1. The van der Waals surface area contributed by atoms with Gasteiger partial charge in [0, 0.05) is 30.4 Å². The molecule has 0 saturated heterocycles. The number of carbonyl (C=O) groups is 2. The van der Waals surface area contributed by atoms with E-state index in [1.54, 1.807) is 48.8 Å². The molecule has 4 rings (SSSR count). The number of amides is 1. The normalized spacial score (nSPS) is 13.9. The molecular formula is C22H18N2O4. The minimum absolute atomic E-state index is 0.0626. The van der Waals surface area contributed by atoms with Crippen LogP contribution in [0, 0.1) is 0 Å². The molecule has 1 aliphatic rings. The molecule has 2 heterocycles. The van der Waals surface area contributed by atoms with Crippen molar-refractivity contribution in [2.75, 3.05) is 6.61 Å². The predicted octanol–water partition coefficient (Wildman–Crippen LogP) is 3.31. The van der Waals surface area contributed by atoms with E-state index in [9.17, 15) is 9.59 Å². The number of ketones is 1. The topological polar surface area (TPSA) is 91.5 Å². The number of carbonyl (C=O) groups excluding carboxylic acids is 2. The molecule has 2 aromatic carbocycles. The van der Waals surface area contributed by atoms with E-state index >= 15 is 0 Å². The maximum absolute atomic E-state index is 12.0. The van der Waals surface area contributed by atoms with E-state index in [1.165, 1.54) is 0 Å². The number of aromatic nitrogens is 1. The molecule has 2 N–H and O–H groups in total. The maximum Gasteiger partial charge on any atom is 0.248 e. The van der Waals surface area contributed by atoms with Crippen LogP contribution in [0.3, 0.4) is 0 Å². The number of benzene rings is 2. The Balaban J connectivity index is 1.72. The fourth-order valence-electron chi connectivity index (χ4n) is 3.17. The van der Waals surface area contributed by atoms with Crippen molar-refractivity contribution in [3.05, 3.63) is 89.2 Å². The van der Waals surface area contributed by atoms with Gasteiger partial charge in [0.2, 0.25) is 5.91 Å². The van der Waals surface area contributed by atoms with E-state index in [-0.39, 0.29) is 5.78 Å². The van der Waals surface area contributed by atoms with Gasteiger partial charge >= 0.3 is 0 Å². The number of ether oxygens (including phenoxy) is 2. The van der Waals surface area contributed by atoms with E-state index in [0.717, 1.165) is 11.1 Å². The number of primary amides is 1. The molecule has 0 radical (unpaired) electrons. The van der Waals surface area contributed by atoms with Gasteiger partial charge in [-0.2, -0.15) is 0 Å². The molecule has 0 aliphatic carbocycles. The van der Waals surface area contributed by atoms with E-state index in [2.05, 4.69) is 4.98 Å². The van der Waals surface area contributed by atoms with Crippen molar-refractivity contribution < 1.29 is 19.1 Å². The largest absolute Gasteiger partial charge is 0.492 e. The van der Waals surface area contributed by atoms with Crippen LogP contribution in [0.25, 0.3) is 0 Å². The van der Waals surface area contributed by atoms with Gasteiger partial charge < -0.3 is 15.2 Å². The lowest BCUT2D eigenvalue weighted by molar-refractivity contribution is 0.0932. The number of Topliss-reactive ketones (excluding diaryl/α,β-unsaturated/α-hetero) is 1. The first-order valence-electron chi connectivity index (χ1n) is 8.88. The average molecular weight is 374 g/mol. The highest BCUT2D eigenvalue weighted by Crippen LogP contribution is 2.33. The van der Waals surface area contributed by atoms with Crippen LogP contribution in [0.5, 0.6) is 11.5 Å². The number of pyridine rings is 1. The summed E-state index contributed by atoms with van der Waals surface area (Å²) in [6.07, 6.45) is 3.25.